The molecule has 1 aromatic carbocycles. The molecule has 0 unspecified atom stereocenters. The molecule has 1 saturated heterocycles. The number of hydrogen-bond acceptors (Lipinski definition) is 6. The number of benzene rings is 1. The molecule has 3 aromatic rings. The minimum Gasteiger partial charge on any atom is -0.422 e. The van der Waals surface area contributed by atoms with Crippen LogP contribution in [-0.2, 0) is 16.1 Å². The first kappa shape index (κ1) is 16.7. The molecule has 1 N–H and O–H groups in total. The van der Waals surface area contributed by atoms with E-state index in [9.17, 15) is 9.59 Å². The molecule has 1 aliphatic rings. The lowest BCUT2D eigenvalue weighted by atomic mass is 10.2. The summed E-state index contributed by atoms with van der Waals surface area (Å²) in [4.78, 5) is 26.7. The topological polar surface area (TPSA) is 89.6 Å². The zero-order valence-electron chi connectivity index (χ0n) is 14.3. The van der Waals surface area contributed by atoms with E-state index in [2.05, 4.69) is 15.3 Å². The van der Waals surface area contributed by atoms with E-state index in [4.69, 9.17) is 9.15 Å². The van der Waals surface area contributed by atoms with Crippen molar-refractivity contribution in [3.63, 3.8) is 0 Å². The number of fused-ring (bicyclic) bond motifs is 3. The van der Waals surface area contributed by atoms with Crippen LogP contribution < -0.4 is 10.9 Å². The predicted molar refractivity (Wildman–Crippen MR) is 96.0 cm³/mol. The number of rotatable bonds is 5. The number of para-hydroxylation sites is 1. The molecule has 8 heteroatoms. The first-order chi connectivity index (χ1) is 12.7. The highest BCUT2D eigenvalue weighted by Crippen LogP contribution is 2.22. The fourth-order valence-corrected chi connectivity index (χ4v) is 3.21. The monoisotopic (exact) mass is 356 g/mol. The number of nitrogens with zero attached hydrogens (tertiary/aromatic N) is 3. The quantitative estimate of drug-likeness (QED) is 0.673. The van der Waals surface area contributed by atoms with Gasteiger partial charge in [-0.15, -0.1) is 0 Å². The third-order valence-corrected chi connectivity index (χ3v) is 4.55. The lowest BCUT2D eigenvalue weighted by molar-refractivity contribution is -0.121. The molecule has 136 valence electrons. The first-order valence-electron chi connectivity index (χ1n) is 8.66. The summed E-state index contributed by atoms with van der Waals surface area (Å²) in [6, 6.07) is 7.25. The van der Waals surface area contributed by atoms with Gasteiger partial charge in [-0.3, -0.25) is 14.4 Å². The minimum absolute atomic E-state index is 0.0556. The summed E-state index contributed by atoms with van der Waals surface area (Å²) in [6.07, 6.45) is 1.45. The van der Waals surface area contributed by atoms with Gasteiger partial charge in [-0.2, -0.15) is 5.10 Å². The second-order valence-corrected chi connectivity index (χ2v) is 6.25. The van der Waals surface area contributed by atoms with Crippen LogP contribution in [0.1, 0.15) is 0 Å². The summed E-state index contributed by atoms with van der Waals surface area (Å²) in [5.41, 5.74) is 0.664. The highest BCUT2D eigenvalue weighted by Gasteiger charge is 2.15. The smallest absolute Gasteiger partial charge is 0.347 e. The standard InChI is InChI=1S/C18H20N4O4/c23-16(19-5-6-21-7-9-25-10-8-21)12-22-17-13-3-1-2-4-15(13)26-18(24)14(17)11-20-22/h1-4,11H,5-10,12H2,(H,19,23). The van der Waals surface area contributed by atoms with Crippen molar-refractivity contribution in [2.45, 2.75) is 6.54 Å². The average Bonchev–Trinajstić information content (AvgIpc) is 3.07. The van der Waals surface area contributed by atoms with Gasteiger partial charge in [0.1, 0.15) is 17.5 Å². The summed E-state index contributed by atoms with van der Waals surface area (Å²) >= 11 is 0. The number of morpholine rings is 1. The van der Waals surface area contributed by atoms with Crippen molar-refractivity contribution in [1.82, 2.24) is 20.0 Å². The van der Waals surface area contributed by atoms with Crippen LogP contribution in [0.3, 0.4) is 0 Å². The molecular weight excluding hydrogens is 336 g/mol. The van der Waals surface area contributed by atoms with Crippen molar-refractivity contribution in [2.24, 2.45) is 0 Å². The summed E-state index contributed by atoms with van der Waals surface area (Å²) in [7, 11) is 0. The molecule has 1 aliphatic heterocycles. The van der Waals surface area contributed by atoms with E-state index in [1.165, 1.54) is 6.20 Å². The molecular formula is C18H20N4O4. The second-order valence-electron chi connectivity index (χ2n) is 6.25. The van der Waals surface area contributed by atoms with Crippen molar-refractivity contribution in [3.8, 4) is 0 Å². The fraction of sp³-hybridized carbons (Fsp3) is 0.389. The molecule has 0 spiro atoms. The van der Waals surface area contributed by atoms with Crippen LogP contribution in [0.15, 0.2) is 39.7 Å². The van der Waals surface area contributed by atoms with Gasteiger partial charge in [0.15, 0.2) is 0 Å². The van der Waals surface area contributed by atoms with E-state index in [0.717, 1.165) is 38.2 Å². The van der Waals surface area contributed by atoms with Crippen LogP contribution in [0.5, 0.6) is 0 Å². The molecule has 3 heterocycles. The van der Waals surface area contributed by atoms with Crippen LogP contribution in [0, 0.1) is 0 Å². The molecule has 1 amide bonds. The van der Waals surface area contributed by atoms with Gasteiger partial charge in [0.05, 0.1) is 24.9 Å². The molecule has 4 rings (SSSR count). The number of ether oxygens (including phenoxy) is 1. The van der Waals surface area contributed by atoms with E-state index in [1.54, 1.807) is 16.8 Å². The number of nitrogens with one attached hydrogen (secondary N) is 1. The van der Waals surface area contributed by atoms with Crippen molar-refractivity contribution >= 4 is 27.8 Å². The third-order valence-electron chi connectivity index (χ3n) is 4.55. The van der Waals surface area contributed by atoms with Crippen molar-refractivity contribution in [2.75, 3.05) is 39.4 Å². The Bertz CT molecular complexity index is 988. The van der Waals surface area contributed by atoms with Gasteiger partial charge in [0.25, 0.3) is 0 Å². The third kappa shape index (κ3) is 3.33. The van der Waals surface area contributed by atoms with E-state index >= 15 is 0 Å². The Morgan fingerprint density at radius 3 is 2.85 bits per heavy atom. The number of carbonyl (C=O) groups is 1. The van der Waals surface area contributed by atoms with E-state index < -0.39 is 5.63 Å². The highest BCUT2D eigenvalue weighted by atomic mass is 16.5. The van der Waals surface area contributed by atoms with Gasteiger partial charge in [-0.25, -0.2) is 4.79 Å². The SMILES string of the molecule is O=C(Cn1ncc2c(=O)oc3ccccc3c21)NCCN1CCOCC1. The zero-order valence-corrected chi connectivity index (χ0v) is 14.3. The molecule has 26 heavy (non-hydrogen) atoms. The van der Waals surface area contributed by atoms with Crippen molar-refractivity contribution < 1.29 is 13.9 Å². The normalized spacial score (nSPS) is 15.5. The molecule has 1 fully saturated rings. The largest absolute Gasteiger partial charge is 0.422 e. The lowest BCUT2D eigenvalue weighted by Gasteiger charge is -2.26. The maximum Gasteiger partial charge on any atom is 0.347 e. The fourth-order valence-electron chi connectivity index (χ4n) is 3.21. The first-order valence-corrected chi connectivity index (χ1v) is 8.66. The van der Waals surface area contributed by atoms with Crippen molar-refractivity contribution in [3.05, 3.63) is 40.9 Å². The van der Waals surface area contributed by atoms with Gasteiger partial charge in [-0.05, 0) is 12.1 Å². The van der Waals surface area contributed by atoms with Crippen LogP contribution in [0.25, 0.3) is 21.9 Å². The number of carbonyl (C=O) groups excluding carboxylic acids is 1. The lowest BCUT2D eigenvalue weighted by Crippen LogP contribution is -2.41. The van der Waals surface area contributed by atoms with Gasteiger partial charge in [-0.1, -0.05) is 12.1 Å². The van der Waals surface area contributed by atoms with Crippen LogP contribution in [0.2, 0.25) is 0 Å². The Labute approximate surface area is 149 Å². The number of aromatic nitrogens is 2. The summed E-state index contributed by atoms with van der Waals surface area (Å²) in [6.45, 7) is 4.68. The van der Waals surface area contributed by atoms with Crippen molar-refractivity contribution in [1.29, 1.82) is 0 Å². The molecule has 0 bridgehead atoms. The maximum absolute atomic E-state index is 12.3. The summed E-state index contributed by atoms with van der Waals surface area (Å²) < 4.78 is 12.2. The Morgan fingerprint density at radius 2 is 2.00 bits per heavy atom. The highest BCUT2D eigenvalue weighted by molar-refractivity contribution is 6.02. The molecule has 8 nitrogen and oxygen atoms in total. The van der Waals surface area contributed by atoms with Crippen LogP contribution >= 0.6 is 0 Å². The summed E-state index contributed by atoms with van der Waals surface area (Å²) in [5, 5.41) is 8.27. The number of hydrogen-bond donors (Lipinski definition) is 1. The van der Waals surface area contributed by atoms with Gasteiger partial charge >= 0.3 is 5.63 Å². The molecule has 0 aliphatic carbocycles. The molecule has 0 radical (unpaired) electrons. The Balaban J connectivity index is 1.48. The van der Waals surface area contributed by atoms with Crippen LogP contribution in [-0.4, -0.2) is 60.0 Å². The van der Waals surface area contributed by atoms with E-state index in [0.29, 0.717) is 23.0 Å². The zero-order chi connectivity index (χ0) is 17.9. The number of amides is 1. The Hall–Kier alpha value is -2.71. The van der Waals surface area contributed by atoms with Gasteiger partial charge in [0.2, 0.25) is 5.91 Å². The maximum atomic E-state index is 12.3. The average molecular weight is 356 g/mol. The van der Waals surface area contributed by atoms with E-state index in [1.807, 2.05) is 12.1 Å². The van der Waals surface area contributed by atoms with E-state index in [-0.39, 0.29) is 12.5 Å². The molecule has 0 saturated carbocycles. The molecule has 2 aromatic heterocycles. The van der Waals surface area contributed by atoms with Gasteiger partial charge < -0.3 is 14.5 Å². The van der Waals surface area contributed by atoms with Gasteiger partial charge in [0, 0.05) is 31.6 Å². The Kier molecular flexibility index (Phi) is 4.68. The minimum atomic E-state index is -0.447. The summed E-state index contributed by atoms with van der Waals surface area (Å²) in [5.74, 6) is -0.138. The second kappa shape index (κ2) is 7.27. The Morgan fingerprint density at radius 1 is 1.19 bits per heavy atom. The van der Waals surface area contributed by atoms with Crippen LogP contribution in [0.4, 0.5) is 0 Å². The predicted octanol–water partition coefficient (Wildman–Crippen LogP) is 0.591. The molecule has 0 atom stereocenters.